The number of hydrogen-bond acceptors (Lipinski definition) is 5. The number of anilines is 1. The minimum Gasteiger partial charge on any atom is -0.454 e. The highest BCUT2D eigenvalue weighted by molar-refractivity contribution is 5.88. The van der Waals surface area contributed by atoms with Crippen molar-refractivity contribution in [3.63, 3.8) is 0 Å². The molecule has 116 valence electrons. The van der Waals surface area contributed by atoms with E-state index >= 15 is 0 Å². The Hall–Kier alpha value is -2.96. The molecule has 0 saturated carbocycles. The van der Waals surface area contributed by atoms with Crippen LogP contribution in [0, 0.1) is 11.6 Å². The molecule has 0 amide bonds. The van der Waals surface area contributed by atoms with E-state index in [-0.39, 0.29) is 6.79 Å². The first kappa shape index (κ1) is 13.7. The third-order valence-corrected chi connectivity index (χ3v) is 3.57. The van der Waals surface area contributed by atoms with Crippen LogP contribution in [-0.4, -0.2) is 16.8 Å². The lowest BCUT2D eigenvalue weighted by Crippen LogP contribution is -2.03. The van der Waals surface area contributed by atoms with Crippen molar-refractivity contribution < 1.29 is 18.3 Å². The van der Waals surface area contributed by atoms with Crippen molar-refractivity contribution in [1.29, 1.82) is 0 Å². The van der Waals surface area contributed by atoms with Crippen molar-refractivity contribution in [3.05, 3.63) is 53.9 Å². The van der Waals surface area contributed by atoms with Gasteiger partial charge >= 0.3 is 0 Å². The summed E-state index contributed by atoms with van der Waals surface area (Å²) < 4.78 is 37.3. The van der Waals surface area contributed by atoms with Crippen LogP contribution in [0.1, 0.15) is 5.56 Å². The lowest BCUT2D eigenvalue weighted by Gasteiger charge is -2.09. The first-order valence-electron chi connectivity index (χ1n) is 6.93. The molecule has 1 N–H and O–H groups in total. The van der Waals surface area contributed by atoms with Crippen LogP contribution < -0.4 is 14.8 Å². The van der Waals surface area contributed by atoms with E-state index in [1.165, 1.54) is 6.33 Å². The van der Waals surface area contributed by atoms with Crippen molar-refractivity contribution in [2.24, 2.45) is 0 Å². The van der Waals surface area contributed by atoms with E-state index in [2.05, 4.69) is 15.3 Å². The fraction of sp³-hybridized carbons (Fsp3) is 0.125. The van der Waals surface area contributed by atoms with E-state index in [4.69, 9.17) is 9.47 Å². The molecule has 0 unspecified atom stereocenters. The molecule has 5 nitrogen and oxygen atoms in total. The number of rotatable bonds is 3. The highest BCUT2D eigenvalue weighted by Gasteiger charge is 2.14. The number of hydrogen-bond donors (Lipinski definition) is 1. The zero-order valence-corrected chi connectivity index (χ0v) is 11.8. The third kappa shape index (κ3) is 2.50. The minimum absolute atomic E-state index is 0.216. The van der Waals surface area contributed by atoms with Crippen LogP contribution in [0.4, 0.5) is 14.6 Å². The molecular formula is C16H11F2N3O2. The summed E-state index contributed by atoms with van der Waals surface area (Å²) in [6, 6.07) is 7.72. The number of benzene rings is 2. The maximum Gasteiger partial charge on any atom is 0.231 e. The zero-order valence-electron chi connectivity index (χ0n) is 11.8. The van der Waals surface area contributed by atoms with Gasteiger partial charge in [0, 0.05) is 18.0 Å². The van der Waals surface area contributed by atoms with Gasteiger partial charge in [0.1, 0.15) is 12.1 Å². The zero-order chi connectivity index (χ0) is 15.8. The van der Waals surface area contributed by atoms with Crippen LogP contribution in [0.2, 0.25) is 0 Å². The maximum absolute atomic E-state index is 13.5. The van der Waals surface area contributed by atoms with E-state index in [1.54, 1.807) is 0 Å². The van der Waals surface area contributed by atoms with Crippen molar-refractivity contribution in [2.75, 3.05) is 12.1 Å². The van der Waals surface area contributed by atoms with Crippen LogP contribution >= 0.6 is 0 Å². The van der Waals surface area contributed by atoms with Crippen molar-refractivity contribution >= 4 is 16.7 Å². The van der Waals surface area contributed by atoms with E-state index in [1.807, 2.05) is 18.2 Å². The lowest BCUT2D eigenvalue weighted by molar-refractivity contribution is 0.174. The summed E-state index contributed by atoms with van der Waals surface area (Å²) in [4.78, 5) is 8.05. The van der Waals surface area contributed by atoms with Crippen LogP contribution in [0.15, 0.2) is 36.7 Å². The van der Waals surface area contributed by atoms with Crippen LogP contribution in [-0.2, 0) is 6.54 Å². The summed E-state index contributed by atoms with van der Waals surface area (Å²) in [5.74, 6) is -0.0355. The number of fused-ring (bicyclic) bond motifs is 2. The third-order valence-electron chi connectivity index (χ3n) is 3.57. The topological polar surface area (TPSA) is 56.3 Å². The second kappa shape index (κ2) is 5.35. The first-order valence-corrected chi connectivity index (χ1v) is 6.93. The Balaban J connectivity index is 1.62. The van der Waals surface area contributed by atoms with E-state index < -0.39 is 11.6 Å². The molecule has 0 saturated heterocycles. The normalized spacial score (nSPS) is 12.6. The maximum atomic E-state index is 13.5. The van der Waals surface area contributed by atoms with Crippen LogP contribution in [0.25, 0.3) is 10.9 Å². The van der Waals surface area contributed by atoms with Gasteiger partial charge in [0.2, 0.25) is 6.79 Å². The predicted octanol–water partition coefficient (Wildman–Crippen LogP) is 3.25. The predicted molar refractivity (Wildman–Crippen MR) is 79.3 cm³/mol. The standard InChI is InChI=1S/C16H11F2N3O2/c17-11-4-10-13(5-12(11)18)20-7-21-16(10)19-6-9-1-2-14-15(3-9)23-8-22-14/h1-5,7H,6,8H2,(H,19,20,21). The molecule has 4 rings (SSSR count). The highest BCUT2D eigenvalue weighted by Crippen LogP contribution is 2.32. The van der Waals surface area contributed by atoms with Crippen molar-refractivity contribution in [3.8, 4) is 11.5 Å². The Labute approximate surface area is 129 Å². The Morgan fingerprint density at radius 2 is 1.83 bits per heavy atom. The minimum atomic E-state index is -0.932. The SMILES string of the molecule is Fc1cc2ncnc(NCc3ccc4c(c3)OCO4)c2cc1F. The number of aromatic nitrogens is 2. The van der Waals surface area contributed by atoms with E-state index in [0.29, 0.717) is 34.8 Å². The monoisotopic (exact) mass is 315 g/mol. The molecule has 1 aliphatic heterocycles. The molecule has 2 heterocycles. The summed E-state index contributed by atoms with van der Waals surface area (Å²) in [7, 11) is 0. The summed E-state index contributed by atoms with van der Waals surface area (Å²) in [6.07, 6.45) is 1.31. The molecule has 0 aliphatic carbocycles. The molecule has 1 aromatic heterocycles. The van der Waals surface area contributed by atoms with Gasteiger partial charge in [-0.25, -0.2) is 18.7 Å². The summed E-state index contributed by atoms with van der Waals surface area (Å²) >= 11 is 0. The number of nitrogens with zero attached hydrogens (tertiary/aromatic N) is 2. The molecular weight excluding hydrogens is 304 g/mol. The summed E-state index contributed by atoms with van der Waals surface area (Å²) in [5.41, 5.74) is 1.29. The number of halogens is 2. The Bertz CT molecular complexity index is 902. The van der Waals surface area contributed by atoms with Crippen molar-refractivity contribution in [2.45, 2.75) is 6.54 Å². The molecule has 0 atom stereocenters. The van der Waals surface area contributed by atoms with Gasteiger partial charge in [-0.1, -0.05) is 6.07 Å². The Kier molecular flexibility index (Phi) is 3.18. The molecule has 23 heavy (non-hydrogen) atoms. The molecule has 3 aromatic rings. The van der Waals surface area contributed by atoms with Crippen LogP contribution in [0.3, 0.4) is 0 Å². The van der Waals surface area contributed by atoms with E-state index in [0.717, 1.165) is 17.7 Å². The Morgan fingerprint density at radius 1 is 1.00 bits per heavy atom. The van der Waals surface area contributed by atoms with Gasteiger partial charge in [-0.2, -0.15) is 0 Å². The summed E-state index contributed by atoms with van der Waals surface area (Å²) in [5, 5.41) is 3.53. The van der Waals surface area contributed by atoms with Crippen molar-refractivity contribution in [1.82, 2.24) is 9.97 Å². The largest absolute Gasteiger partial charge is 0.454 e. The lowest BCUT2D eigenvalue weighted by atomic mass is 10.2. The fourth-order valence-corrected chi connectivity index (χ4v) is 2.43. The average Bonchev–Trinajstić information content (AvgIpc) is 3.02. The molecule has 1 aliphatic rings. The van der Waals surface area contributed by atoms with Gasteiger partial charge in [-0.05, 0) is 23.8 Å². The van der Waals surface area contributed by atoms with Gasteiger partial charge in [0.25, 0.3) is 0 Å². The Morgan fingerprint density at radius 3 is 2.74 bits per heavy atom. The van der Waals surface area contributed by atoms with Gasteiger partial charge in [-0.3, -0.25) is 0 Å². The first-order chi connectivity index (χ1) is 11.2. The molecule has 7 heteroatoms. The van der Waals surface area contributed by atoms with Crippen LogP contribution in [0.5, 0.6) is 11.5 Å². The average molecular weight is 315 g/mol. The molecule has 0 radical (unpaired) electrons. The summed E-state index contributed by atoms with van der Waals surface area (Å²) in [6.45, 7) is 0.662. The number of nitrogens with one attached hydrogen (secondary N) is 1. The second-order valence-corrected chi connectivity index (χ2v) is 5.05. The molecule has 0 spiro atoms. The second-order valence-electron chi connectivity index (χ2n) is 5.05. The molecule has 0 fully saturated rings. The molecule has 0 bridgehead atoms. The van der Waals surface area contributed by atoms with Gasteiger partial charge in [0.05, 0.1) is 5.52 Å². The van der Waals surface area contributed by atoms with E-state index in [9.17, 15) is 8.78 Å². The quantitative estimate of drug-likeness (QED) is 0.804. The van der Waals surface area contributed by atoms with Gasteiger partial charge in [0.15, 0.2) is 23.1 Å². The van der Waals surface area contributed by atoms with Gasteiger partial charge in [-0.15, -0.1) is 0 Å². The van der Waals surface area contributed by atoms with Gasteiger partial charge < -0.3 is 14.8 Å². The highest BCUT2D eigenvalue weighted by atomic mass is 19.2. The fourth-order valence-electron chi connectivity index (χ4n) is 2.43. The number of ether oxygens (including phenoxy) is 2. The smallest absolute Gasteiger partial charge is 0.231 e. The molecule has 2 aromatic carbocycles.